The van der Waals surface area contributed by atoms with Gasteiger partial charge >= 0.3 is 0 Å². The molecule has 27 heavy (non-hydrogen) atoms. The van der Waals surface area contributed by atoms with Crippen LogP contribution in [0.5, 0.6) is 11.5 Å². The third-order valence-corrected chi connectivity index (χ3v) is 4.18. The summed E-state index contributed by atoms with van der Waals surface area (Å²) in [6.45, 7) is 0.944. The van der Waals surface area contributed by atoms with Crippen LogP contribution < -0.4 is 14.8 Å². The molecule has 0 aromatic heterocycles. The van der Waals surface area contributed by atoms with Gasteiger partial charge in [-0.15, -0.1) is 0 Å². The lowest BCUT2D eigenvalue weighted by Crippen LogP contribution is -2.28. The van der Waals surface area contributed by atoms with E-state index in [0.717, 1.165) is 5.56 Å². The normalized spacial score (nSPS) is 10.2. The van der Waals surface area contributed by atoms with Gasteiger partial charge in [-0.1, -0.05) is 24.3 Å². The van der Waals surface area contributed by atoms with Crippen molar-refractivity contribution >= 4 is 11.8 Å². The Balaban J connectivity index is 1.76. The number of carbonyl (C=O) groups excluding carboxylic acids is 2. The number of nitrogens with zero attached hydrogens (tertiary/aromatic N) is 1. The van der Waals surface area contributed by atoms with Crippen LogP contribution in [0.3, 0.4) is 0 Å². The molecule has 0 saturated heterocycles. The third kappa shape index (κ3) is 6.02. The minimum atomic E-state index is -0.123. The average Bonchev–Trinajstić information content (AvgIpc) is 2.71. The van der Waals surface area contributed by atoms with E-state index in [2.05, 4.69) is 5.32 Å². The lowest BCUT2D eigenvalue weighted by Gasteiger charge is -2.18. The van der Waals surface area contributed by atoms with Crippen LogP contribution in [0, 0.1) is 0 Å². The monoisotopic (exact) mass is 370 g/mol. The molecule has 2 aromatic carbocycles. The van der Waals surface area contributed by atoms with E-state index in [1.54, 1.807) is 38.3 Å². The summed E-state index contributed by atoms with van der Waals surface area (Å²) in [7, 11) is 4.94. The molecule has 0 saturated carbocycles. The Hall–Kier alpha value is -3.02. The van der Waals surface area contributed by atoms with E-state index in [4.69, 9.17) is 9.47 Å². The second-order valence-electron chi connectivity index (χ2n) is 6.16. The van der Waals surface area contributed by atoms with Crippen LogP contribution in [-0.4, -0.2) is 44.5 Å². The molecule has 0 heterocycles. The highest BCUT2D eigenvalue weighted by atomic mass is 16.5. The van der Waals surface area contributed by atoms with E-state index in [0.29, 0.717) is 43.0 Å². The molecule has 2 amide bonds. The molecule has 0 aliphatic rings. The SMILES string of the molecule is COc1ccc(CN(C)C(=O)CCCNC(=O)c2ccccc2)cc1OC. The second kappa shape index (κ2) is 10.2. The lowest BCUT2D eigenvalue weighted by molar-refractivity contribution is -0.130. The summed E-state index contributed by atoms with van der Waals surface area (Å²) in [6.07, 6.45) is 0.965. The molecule has 0 spiro atoms. The van der Waals surface area contributed by atoms with Gasteiger partial charge in [0.15, 0.2) is 11.5 Å². The fourth-order valence-corrected chi connectivity index (χ4v) is 2.67. The Morgan fingerprint density at radius 2 is 1.70 bits per heavy atom. The molecule has 0 aliphatic heterocycles. The maximum atomic E-state index is 12.3. The fraction of sp³-hybridized carbons (Fsp3) is 0.333. The molecule has 0 bridgehead atoms. The Kier molecular flexibility index (Phi) is 7.67. The molecule has 0 fully saturated rings. The first-order chi connectivity index (χ1) is 13.0. The van der Waals surface area contributed by atoms with Gasteiger partial charge in [-0.3, -0.25) is 9.59 Å². The van der Waals surface area contributed by atoms with Crippen molar-refractivity contribution in [3.8, 4) is 11.5 Å². The molecule has 0 atom stereocenters. The smallest absolute Gasteiger partial charge is 0.251 e. The predicted octanol–water partition coefficient (Wildman–Crippen LogP) is 2.87. The minimum absolute atomic E-state index is 0.0266. The first-order valence-corrected chi connectivity index (χ1v) is 8.83. The first kappa shape index (κ1) is 20.3. The van der Waals surface area contributed by atoms with Crippen LogP contribution in [0.15, 0.2) is 48.5 Å². The molecule has 6 heteroatoms. The molecule has 1 N–H and O–H groups in total. The van der Waals surface area contributed by atoms with Gasteiger partial charge in [-0.2, -0.15) is 0 Å². The van der Waals surface area contributed by atoms with Crippen molar-refractivity contribution in [2.45, 2.75) is 19.4 Å². The number of methoxy groups -OCH3 is 2. The predicted molar refractivity (Wildman–Crippen MR) is 104 cm³/mol. The third-order valence-electron chi connectivity index (χ3n) is 4.18. The summed E-state index contributed by atoms with van der Waals surface area (Å²) in [5.74, 6) is 1.20. The van der Waals surface area contributed by atoms with Crippen LogP contribution in [0.25, 0.3) is 0 Å². The standard InChI is InChI=1S/C21H26N2O4/c1-23(15-16-11-12-18(26-2)19(14-16)27-3)20(24)10-7-13-22-21(25)17-8-5-4-6-9-17/h4-6,8-9,11-12,14H,7,10,13,15H2,1-3H3,(H,22,25). The van der Waals surface area contributed by atoms with Crippen LogP contribution in [0.1, 0.15) is 28.8 Å². The van der Waals surface area contributed by atoms with Crippen molar-refractivity contribution < 1.29 is 19.1 Å². The maximum absolute atomic E-state index is 12.3. The zero-order valence-electron chi connectivity index (χ0n) is 16.0. The number of hydrogen-bond donors (Lipinski definition) is 1. The number of benzene rings is 2. The summed E-state index contributed by atoms with van der Waals surface area (Å²) in [5, 5.41) is 2.83. The Morgan fingerprint density at radius 1 is 1.00 bits per heavy atom. The Morgan fingerprint density at radius 3 is 2.37 bits per heavy atom. The van der Waals surface area contributed by atoms with Crippen LogP contribution in [0.2, 0.25) is 0 Å². The van der Waals surface area contributed by atoms with E-state index >= 15 is 0 Å². The highest BCUT2D eigenvalue weighted by molar-refractivity contribution is 5.94. The van der Waals surface area contributed by atoms with E-state index in [1.165, 1.54) is 0 Å². The van der Waals surface area contributed by atoms with Gasteiger partial charge in [0, 0.05) is 32.1 Å². The van der Waals surface area contributed by atoms with E-state index in [-0.39, 0.29) is 11.8 Å². The summed E-state index contributed by atoms with van der Waals surface area (Å²) >= 11 is 0. The molecular formula is C21H26N2O4. The molecular weight excluding hydrogens is 344 g/mol. The van der Waals surface area contributed by atoms with Crippen molar-refractivity contribution in [2.75, 3.05) is 27.8 Å². The number of nitrogens with one attached hydrogen (secondary N) is 1. The Labute approximate surface area is 160 Å². The topological polar surface area (TPSA) is 67.9 Å². The highest BCUT2D eigenvalue weighted by Gasteiger charge is 2.12. The Bertz CT molecular complexity index is 762. The number of hydrogen-bond acceptors (Lipinski definition) is 4. The van der Waals surface area contributed by atoms with Gasteiger partial charge in [0.1, 0.15) is 0 Å². The van der Waals surface area contributed by atoms with Crippen LogP contribution in [-0.2, 0) is 11.3 Å². The molecule has 144 valence electrons. The summed E-state index contributed by atoms with van der Waals surface area (Å²) in [4.78, 5) is 25.9. The summed E-state index contributed by atoms with van der Waals surface area (Å²) < 4.78 is 10.5. The molecule has 2 aromatic rings. The van der Waals surface area contributed by atoms with Gasteiger partial charge in [0.2, 0.25) is 5.91 Å². The van der Waals surface area contributed by atoms with Gasteiger partial charge in [-0.05, 0) is 36.2 Å². The molecule has 0 aliphatic carbocycles. The zero-order valence-corrected chi connectivity index (χ0v) is 16.0. The van der Waals surface area contributed by atoms with Gasteiger partial charge in [0.25, 0.3) is 5.91 Å². The average molecular weight is 370 g/mol. The number of carbonyl (C=O) groups is 2. The number of amides is 2. The number of rotatable bonds is 9. The second-order valence-corrected chi connectivity index (χ2v) is 6.16. The summed E-state index contributed by atoms with van der Waals surface area (Å²) in [6, 6.07) is 14.6. The van der Waals surface area contributed by atoms with E-state index in [1.807, 2.05) is 36.4 Å². The lowest BCUT2D eigenvalue weighted by atomic mass is 10.1. The van der Waals surface area contributed by atoms with Gasteiger partial charge in [-0.25, -0.2) is 0 Å². The quantitative estimate of drug-likeness (QED) is 0.689. The molecule has 0 unspecified atom stereocenters. The molecule has 6 nitrogen and oxygen atoms in total. The number of ether oxygens (including phenoxy) is 2. The van der Waals surface area contributed by atoms with Gasteiger partial charge < -0.3 is 19.7 Å². The van der Waals surface area contributed by atoms with Crippen molar-refractivity contribution in [3.63, 3.8) is 0 Å². The van der Waals surface area contributed by atoms with Gasteiger partial charge in [0.05, 0.1) is 14.2 Å². The summed E-state index contributed by atoms with van der Waals surface area (Å²) in [5.41, 5.74) is 1.58. The van der Waals surface area contributed by atoms with Crippen LogP contribution >= 0.6 is 0 Å². The van der Waals surface area contributed by atoms with E-state index < -0.39 is 0 Å². The largest absolute Gasteiger partial charge is 0.493 e. The van der Waals surface area contributed by atoms with Crippen LogP contribution in [0.4, 0.5) is 0 Å². The van der Waals surface area contributed by atoms with Crippen molar-refractivity contribution in [1.82, 2.24) is 10.2 Å². The minimum Gasteiger partial charge on any atom is -0.493 e. The van der Waals surface area contributed by atoms with E-state index in [9.17, 15) is 9.59 Å². The highest BCUT2D eigenvalue weighted by Crippen LogP contribution is 2.27. The fourth-order valence-electron chi connectivity index (χ4n) is 2.67. The van der Waals surface area contributed by atoms with Crippen molar-refractivity contribution in [2.24, 2.45) is 0 Å². The molecule has 2 rings (SSSR count). The van der Waals surface area contributed by atoms with Crippen molar-refractivity contribution in [3.05, 3.63) is 59.7 Å². The maximum Gasteiger partial charge on any atom is 0.251 e. The first-order valence-electron chi connectivity index (χ1n) is 8.83. The van der Waals surface area contributed by atoms with Crippen molar-refractivity contribution in [1.29, 1.82) is 0 Å². The zero-order chi connectivity index (χ0) is 19.6. The molecule has 0 radical (unpaired) electrons.